The van der Waals surface area contributed by atoms with Crippen molar-refractivity contribution < 1.29 is 4.74 Å². The molecule has 0 aromatic heterocycles. The molecule has 1 atom stereocenters. The maximum absolute atomic E-state index is 6.04. The lowest BCUT2D eigenvalue weighted by Crippen LogP contribution is -2.56. The average Bonchev–Trinajstić information content (AvgIpc) is 1.96. The lowest BCUT2D eigenvalue weighted by atomic mass is 10.1. The van der Waals surface area contributed by atoms with Gasteiger partial charge in [-0.15, -0.1) is 0 Å². The highest BCUT2D eigenvalue weighted by molar-refractivity contribution is 5.78. The third kappa shape index (κ3) is 4.00. The van der Waals surface area contributed by atoms with E-state index in [1.165, 1.54) is 0 Å². The first-order valence-corrected chi connectivity index (χ1v) is 5.87. The first-order valence-electron chi connectivity index (χ1n) is 5.87. The van der Waals surface area contributed by atoms with Crippen molar-refractivity contribution in [2.24, 2.45) is 10.7 Å². The van der Waals surface area contributed by atoms with Crippen molar-refractivity contribution in [2.75, 3.05) is 13.1 Å². The molecule has 0 spiro atoms. The molecule has 0 saturated carbocycles. The molecule has 16 heavy (non-hydrogen) atoms. The molecule has 1 aliphatic rings. The molecule has 2 N–H and O–H groups in total. The van der Waals surface area contributed by atoms with Gasteiger partial charge in [-0.25, -0.2) is 4.99 Å². The van der Waals surface area contributed by atoms with Crippen LogP contribution in [0.4, 0.5) is 0 Å². The van der Waals surface area contributed by atoms with Gasteiger partial charge in [-0.1, -0.05) is 0 Å². The van der Waals surface area contributed by atoms with Crippen LogP contribution in [0.15, 0.2) is 4.99 Å². The smallest absolute Gasteiger partial charge is 0.191 e. The number of nitrogens with zero attached hydrogens (tertiary/aromatic N) is 2. The average molecular weight is 227 g/mol. The largest absolute Gasteiger partial charge is 0.370 e. The molecule has 4 nitrogen and oxygen atoms in total. The second kappa shape index (κ2) is 4.24. The van der Waals surface area contributed by atoms with Crippen molar-refractivity contribution in [2.45, 2.75) is 58.8 Å². The Morgan fingerprint density at radius 1 is 1.44 bits per heavy atom. The fourth-order valence-corrected chi connectivity index (χ4v) is 2.04. The summed E-state index contributed by atoms with van der Waals surface area (Å²) in [5, 5.41) is 0. The van der Waals surface area contributed by atoms with Crippen LogP contribution in [-0.2, 0) is 4.74 Å². The number of hydrogen-bond donors (Lipinski definition) is 1. The van der Waals surface area contributed by atoms with E-state index in [9.17, 15) is 0 Å². The van der Waals surface area contributed by atoms with Crippen molar-refractivity contribution in [1.29, 1.82) is 0 Å². The summed E-state index contributed by atoms with van der Waals surface area (Å²) in [7, 11) is 0. The van der Waals surface area contributed by atoms with Crippen LogP contribution in [-0.4, -0.2) is 41.2 Å². The van der Waals surface area contributed by atoms with Gasteiger partial charge in [-0.2, -0.15) is 0 Å². The minimum absolute atomic E-state index is 0.129. The predicted octanol–water partition coefficient (Wildman–Crippen LogP) is 1.60. The number of hydrogen-bond acceptors (Lipinski definition) is 2. The Morgan fingerprint density at radius 3 is 2.44 bits per heavy atom. The van der Waals surface area contributed by atoms with Gasteiger partial charge in [0.2, 0.25) is 0 Å². The SMILES string of the molecule is CC1CN(C(N)=NC(C)(C)C)CC(C)(C)O1. The number of aliphatic imine (C=N–C) groups is 1. The zero-order valence-corrected chi connectivity index (χ0v) is 11.4. The minimum atomic E-state index is -0.157. The topological polar surface area (TPSA) is 50.8 Å². The van der Waals surface area contributed by atoms with E-state index in [0.717, 1.165) is 13.1 Å². The van der Waals surface area contributed by atoms with Gasteiger partial charge in [0.1, 0.15) is 0 Å². The molecule has 1 aliphatic heterocycles. The van der Waals surface area contributed by atoms with Gasteiger partial charge in [-0.3, -0.25) is 0 Å². The quantitative estimate of drug-likeness (QED) is 0.505. The molecule has 1 heterocycles. The molecule has 1 saturated heterocycles. The number of ether oxygens (including phenoxy) is 1. The van der Waals surface area contributed by atoms with Crippen molar-refractivity contribution >= 4 is 5.96 Å². The monoisotopic (exact) mass is 227 g/mol. The molecule has 1 rings (SSSR count). The van der Waals surface area contributed by atoms with Crippen LogP contribution in [0.25, 0.3) is 0 Å². The van der Waals surface area contributed by atoms with E-state index in [1.54, 1.807) is 0 Å². The molecular weight excluding hydrogens is 202 g/mol. The number of rotatable bonds is 0. The van der Waals surface area contributed by atoms with Crippen LogP contribution < -0.4 is 5.73 Å². The molecule has 4 heteroatoms. The van der Waals surface area contributed by atoms with Crippen LogP contribution in [0.2, 0.25) is 0 Å². The number of morpholine rings is 1. The Labute approximate surface area is 98.9 Å². The zero-order valence-electron chi connectivity index (χ0n) is 11.4. The third-order valence-electron chi connectivity index (χ3n) is 2.34. The van der Waals surface area contributed by atoms with Gasteiger partial charge in [0.15, 0.2) is 5.96 Å². The highest BCUT2D eigenvalue weighted by atomic mass is 16.5. The summed E-state index contributed by atoms with van der Waals surface area (Å²) in [5.41, 5.74) is 5.75. The van der Waals surface area contributed by atoms with Crippen LogP contribution in [0.5, 0.6) is 0 Å². The molecule has 1 fully saturated rings. The molecule has 0 aromatic carbocycles. The maximum atomic E-state index is 6.04. The van der Waals surface area contributed by atoms with Gasteiger partial charge in [-0.05, 0) is 41.5 Å². The second-order valence-corrected chi connectivity index (χ2v) is 6.21. The first kappa shape index (κ1) is 13.3. The van der Waals surface area contributed by atoms with E-state index in [-0.39, 0.29) is 17.2 Å². The van der Waals surface area contributed by atoms with Crippen molar-refractivity contribution in [1.82, 2.24) is 4.90 Å². The summed E-state index contributed by atoms with van der Waals surface area (Å²) >= 11 is 0. The van der Waals surface area contributed by atoms with Crippen LogP contribution in [0.3, 0.4) is 0 Å². The Bertz CT molecular complexity index is 278. The number of guanidine groups is 1. The minimum Gasteiger partial charge on any atom is -0.370 e. The molecule has 94 valence electrons. The van der Waals surface area contributed by atoms with Gasteiger partial charge in [0.05, 0.1) is 17.2 Å². The molecule has 0 amide bonds. The fraction of sp³-hybridized carbons (Fsp3) is 0.917. The Morgan fingerprint density at radius 2 is 2.00 bits per heavy atom. The Hall–Kier alpha value is -0.770. The van der Waals surface area contributed by atoms with E-state index in [1.807, 2.05) is 0 Å². The third-order valence-corrected chi connectivity index (χ3v) is 2.34. The van der Waals surface area contributed by atoms with Crippen LogP contribution in [0.1, 0.15) is 41.5 Å². The molecule has 0 aliphatic carbocycles. The first-order chi connectivity index (χ1) is 7.09. The van der Waals surface area contributed by atoms with Crippen LogP contribution in [0, 0.1) is 0 Å². The highest BCUT2D eigenvalue weighted by Gasteiger charge is 2.32. The Kier molecular flexibility index (Phi) is 3.53. The molecule has 0 radical (unpaired) electrons. The fourth-order valence-electron chi connectivity index (χ4n) is 2.04. The van der Waals surface area contributed by atoms with Gasteiger partial charge in [0.25, 0.3) is 0 Å². The summed E-state index contributed by atoms with van der Waals surface area (Å²) in [6.45, 7) is 14.0. The predicted molar refractivity (Wildman–Crippen MR) is 67.6 cm³/mol. The van der Waals surface area contributed by atoms with Gasteiger partial charge in [0, 0.05) is 13.1 Å². The number of nitrogens with two attached hydrogens (primary N) is 1. The standard InChI is InChI=1S/C12H25N3O/c1-9-7-15(8-12(5,6)16-9)10(13)14-11(2,3)4/h9H,7-8H2,1-6H3,(H2,13,14). The summed E-state index contributed by atoms with van der Waals surface area (Å²) in [6.07, 6.45) is 0.192. The Balaban J connectivity index is 2.77. The molecule has 0 bridgehead atoms. The van der Waals surface area contributed by atoms with E-state index in [0.29, 0.717) is 5.96 Å². The zero-order chi connectivity index (χ0) is 12.6. The second-order valence-electron chi connectivity index (χ2n) is 6.21. The summed E-state index contributed by atoms with van der Waals surface area (Å²) in [6, 6.07) is 0. The lowest BCUT2D eigenvalue weighted by molar-refractivity contribution is -0.113. The van der Waals surface area contributed by atoms with E-state index in [2.05, 4.69) is 51.4 Å². The lowest BCUT2D eigenvalue weighted by Gasteiger charge is -2.42. The highest BCUT2D eigenvalue weighted by Crippen LogP contribution is 2.21. The summed E-state index contributed by atoms with van der Waals surface area (Å²) < 4.78 is 5.83. The molecule has 1 unspecified atom stereocenters. The summed E-state index contributed by atoms with van der Waals surface area (Å²) in [4.78, 5) is 6.61. The van der Waals surface area contributed by atoms with E-state index in [4.69, 9.17) is 10.5 Å². The maximum Gasteiger partial charge on any atom is 0.191 e. The van der Waals surface area contributed by atoms with Gasteiger partial charge < -0.3 is 15.4 Å². The van der Waals surface area contributed by atoms with Gasteiger partial charge >= 0.3 is 0 Å². The van der Waals surface area contributed by atoms with Crippen molar-refractivity contribution in [3.8, 4) is 0 Å². The van der Waals surface area contributed by atoms with Crippen molar-refractivity contribution in [3.63, 3.8) is 0 Å². The molecule has 0 aromatic rings. The van der Waals surface area contributed by atoms with Crippen molar-refractivity contribution in [3.05, 3.63) is 0 Å². The summed E-state index contributed by atoms with van der Waals surface area (Å²) in [5.74, 6) is 0.621. The molecular formula is C12H25N3O. The normalized spacial score (nSPS) is 27.0. The van der Waals surface area contributed by atoms with E-state index < -0.39 is 0 Å². The van der Waals surface area contributed by atoms with E-state index >= 15 is 0 Å². The van der Waals surface area contributed by atoms with Crippen LogP contribution >= 0.6 is 0 Å².